The van der Waals surface area contributed by atoms with Crippen molar-refractivity contribution >= 4 is 51.9 Å². The molecule has 0 bridgehead atoms. The van der Waals surface area contributed by atoms with Gasteiger partial charge in [0.05, 0.1) is 18.2 Å². The summed E-state index contributed by atoms with van der Waals surface area (Å²) < 4.78 is 5.41. The molecule has 4 heterocycles. The number of para-hydroxylation sites is 1. The van der Waals surface area contributed by atoms with E-state index in [4.69, 9.17) is 32.8 Å². The van der Waals surface area contributed by atoms with E-state index in [1.54, 1.807) is 31.5 Å². The molecule has 306 valence electrons. The van der Waals surface area contributed by atoms with E-state index >= 15 is 0 Å². The number of amides is 2. The summed E-state index contributed by atoms with van der Waals surface area (Å²) in [6.45, 7) is 3.35. The third-order valence-electron chi connectivity index (χ3n) is 10.9. The van der Waals surface area contributed by atoms with Gasteiger partial charge in [-0.05, 0) is 104 Å². The van der Waals surface area contributed by atoms with Crippen molar-refractivity contribution in [3.63, 3.8) is 0 Å². The van der Waals surface area contributed by atoms with E-state index in [1.165, 1.54) is 11.8 Å². The molecule has 7 N–H and O–H groups in total. The predicted molar refractivity (Wildman–Crippen MR) is 230 cm³/mol. The molecule has 2 amide bonds. The number of nitrogens with zero attached hydrogens (tertiary/aromatic N) is 3. The lowest BCUT2D eigenvalue weighted by atomic mass is 9.90. The number of pyridine rings is 2. The third kappa shape index (κ3) is 10.3. The highest BCUT2D eigenvalue weighted by atomic mass is 35.5. The van der Waals surface area contributed by atoms with Crippen LogP contribution in [0, 0.1) is 12.8 Å². The Morgan fingerprint density at radius 3 is 2.52 bits per heavy atom. The van der Waals surface area contributed by atoms with Gasteiger partial charge in [0.25, 0.3) is 0 Å². The number of rotatable bonds is 11. The summed E-state index contributed by atoms with van der Waals surface area (Å²) in [5, 5.41) is 8.85. The molecule has 12 nitrogen and oxygen atoms in total. The highest BCUT2D eigenvalue weighted by Crippen LogP contribution is 2.40. The number of benzene rings is 2. The minimum absolute atomic E-state index is 0.0225. The van der Waals surface area contributed by atoms with Crippen molar-refractivity contribution in [1.29, 1.82) is 0 Å². The number of nitrogens with two attached hydrogens (primary N) is 2. The van der Waals surface area contributed by atoms with E-state index in [9.17, 15) is 14.4 Å². The van der Waals surface area contributed by atoms with Crippen LogP contribution in [0.4, 0.5) is 0 Å². The van der Waals surface area contributed by atoms with Crippen LogP contribution in [-0.2, 0) is 33.9 Å². The lowest BCUT2D eigenvalue weighted by molar-refractivity contribution is -0.143. The van der Waals surface area contributed by atoms with Crippen molar-refractivity contribution in [1.82, 2.24) is 30.5 Å². The minimum Gasteiger partial charge on any atom is -0.481 e. The molecular formula is C44H53ClN8O4S. The molecule has 5 aromatic rings. The van der Waals surface area contributed by atoms with Crippen LogP contribution in [0.2, 0.25) is 5.02 Å². The first-order valence-electron chi connectivity index (χ1n) is 19.8. The van der Waals surface area contributed by atoms with Crippen LogP contribution < -0.4 is 26.8 Å². The Labute approximate surface area is 349 Å². The molecule has 0 saturated carbocycles. The summed E-state index contributed by atoms with van der Waals surface area (Å²) in [4.78, 5) is 58.4. The summed E-state index contributed by atoms with van der Waals surface area (Å²) in [5.74, 6) is -0.853. The molecule has 3 aromatic heterocycles. The molecule has 0 spiro atoms. The molecule has 1 aliphatic rings. The fraction of sp³-hybridized carbons (Fsp3) is 0.386. The number of ketones is 1. The van der Waals surface area contributed by atoms with Gasteiger partial charge in [-0.25, -0.2) is 9.97 Å². The fourth-order valence-electron chi connectivity index (χ4n) is 7.61. The van der Waals surface area contributed by atoms with Crippen molar-refractivity contribution in [2.24, 2.45) is 17.4 Å². The maximum Gasteiger partial charge on any atom is 0.243 e. The molecule has 3 atom stereocenters. The number of ether oxygens (including phenoxy) is 1. The van der Waals surface area contributed by atoms with Gasteiger partial charge in [-0.1, -0.05) is 54.0 Å². The third-order valence-corrected chi connectivity index (χ3v) is 12.5. The molecule has 0 radical (unpaired) electrons. The number of Topliss-reactive ketones (excluding diaryl/α,β-unsaturated/α-hetero) is 1. The number of hydrogen-bond acceptors (Lipinski definition) is 10. The van der Waals surface area contributed by atoms with Gasteiger partial charge in [-0.15, -0.1) is 0 Å². The molecule has 1 aliphatic heterocycles. The number of aromatic amines is 1. The number of unbranched alkanes of at least 4 members (excludes halogenated alkanes) is 1. The van der Waals surface area contributed by atoms with E-state index in [2.05, 4.69) is 20.6 Å². The van der Waals surface area contributed by atoms with Gasteiger partial charge in [0.15, 0.2) is 5.78 Å². The second-order valence-electron chi connectivity index (χ2n) is 14.8. The van der Waals surface area contributed by atoms with E-state index in [1.807, 2.05) is 67.6 Å². The van der Waals surface area contributed by atoms with Crippen LogP contribution in [-0.4, -0.2) is 76.8 Å². The zero-order chi connectivity index (χ0) is 41.2. The molecule has 0 unspecified atom stereocenters. The second-order valence-corrected chi connectivity index (χ2v) is 16.2. The van der Waals surface area contributed by atoms with Gasteiger partial charge in [0.1, 0.15) is 11.1 Å². The number of methoxy groups -OCH3 is 1. The van der Waals surface area contributed by atoms with Crippen LogP contribution >= 0.6 is 23.4 Å². The number of halogens is 1. The van der Waals surface area contributed by atoms with Gasteiger partial charge in [0, 0.05) is 78.8 Å². The summed E-state index contributed by atoms with van der Waals surface area (Å²) in [6.07, 6.45) is 6.67. The van der Waals surface area contributed by atoms with E-state index in [0.29, 0.717) is 67.7 Å². The van der Waals surface area contributed by atoms with Crippen molar-refractivity contribution in [3.05, 3.63) is 100 Å². The maximum atomic E-state index is 14.7. The smallest absolute Gasteiger partial charge is 0.243 e. The highest BCUT2D eigenvalue weighted by molar-refractivity contribution is 7.99. The number of likely N-dealkylation sites (N-methyl/N-ethyl adjacent to an activating group) is 1. The van der Waals surface area contributed by atoms with Crippen LogP contribution in [0.25, 0.3) is 22.0 Å². The van der Waals surface area contributed by atoms with Gasteiger partial charge in [-0.2, -0.15) is 0 Å². The first-order valence-corrected chi connectivity index (χ1v) is 21.0. The number of carbonyl (C=O) groups is 3. The minimum atomic E-state index is -0.902. The highest BCUT2D eigenvalue weighted by Gasteiger charge is 2.35. The molecule has 2 aromatic carbocycles. The topological polar surface area (TPSA) is 181 Å². The number of hydrogen-bond donors (Lipinski definition) is 5. The van der Waals surface area contributed by atoms with Gasteiger partial charge < -0.3 is 36.7 Å². The Bertz CT molecular complexity index is 2230. The summed E-state index contributed by atoms with van der Waals surface area (Å²) in [5.41, 5.74) is 17.9. The second kappa shape index (κ2) is 20.3. The first kappa shape index (κ1) is 42.8. The largest absolute Gasteiger partial charge is 0.481 e. The van der Waals surface area contributed by atoms with Crippen LogP contribution in [0.5, 0.6) is 5.88 Å². The Morgan fingerprint density at radius 1 is 0.914 bits per heavy atom. The number of nitrogens with one attached hydrogen (secondary N) is 3. The van der Waals surface area contributed by atoms with Crippen molar-refractivity contribution < 1.29 is 19.1 Å². The van der Waals surface area contributed by atoms with Gasteiger partial charge >= 0.3 is 0 Å². The zero-order valence-corrected chi connectivity index (χ0v) is 34.9. The van der Waals surface area contributed by atoms with Crippen molar-refractivity contribution in [3.8, 4) is 17.0 Å². The number of aryl methyl sites for hydroxylation is 1. The molecular weight excluding hydrogens is 772 g/mol. The summed E-state index contributed by atoms with van der Waals surface area (Å²) in [7, 11) is 3.24. The number of aromatic nitrogens is 3. The predicted octanol–water partition coefficient (Wildman–Crippen LogP) is 6.35. The zero-order valence-electron chi connectivity index (χ0n) is 33.4. The van der Waals surface area contributed by atoms with Gasteiger partial charge in [-0.3, -0.25) is 14.4 Å². The SMILES string of the molecule is COc1cc(-c2cc(Cl)c3c(c2)CNC(=O)[C@H](Cc2c(C)[nH]c4ccccc24)N(C)C(=O)[C@H](CCCCN)CC(=O)[C@H](CCCN)NCc2cccnc2S3)ccn1. The number of fused-ring (bicyclic) bond motifs is 3. The van der Waals surface area contributed by atoms with E-state index in [0.717, 1.165) is 49.3 Å². The number of H-pyrrole nitrogens is 1. The Morgan fingerprint density at radius 2 is 1.72 bits per heavy atom. The average molecular weight is 825 g/mol. The van der Waals surface area contributed by atoms with Crippen molar-refractivity contribution in [2.75, 3.05) is 27.2 Å². The molecule has 14 heteroatoms. The van der Waals surface area contributed by atoms with Crippen LogP contribution in [0.1, 0.15) is 60.9 Å². The quantitative estimate of drug-likeness (QED) is 0.0943. The van der Waals surface area contributed by atoms with E-state index < -0.39 is 18.0 Å². The molecule has 58 heavy (non-hydrogen) atoms. The molecule has 0 aliphatic carbocycles. The lowest BCUT2D eigenvalue weighted by Gasteiger charge is -2.31. The Hall–Kier alpha value is -4.79. The number of carbonyl (C=O) groups excluding carboxylic acids is 3. The van der Waals surface area contributed by atoms with Crippen LogP contribution in [0.3, 0.4) is 0 Å². The molecule has 0 saturated heterocycles. The van der Waals surface area contributed by atoms with Crippen molar-refractivity contribution in [2.45, 2.75) is 87.0 Å². The summed E-state index contributed by atoms with van der Waals surface area (Å²) >= 11 is 8.56. The summed E-state index contributed by atoms with van der Waals surface area (Å²) in [6, 6.07) is 17.9. The molecule has 6 rings (SSSR count). The van der Waals surface area contributed by atoms with Gasteiger partial charge in [0.2, 0.25) is 17.7 Å². The fourth-order valence-corrected chi connectivity index (χ4v) is 8.97. The monoisotopic (exact) mass is 824 g/mol. The Kier molecular flexibility index (Phi) is 15.0. The van der Waals surface area contributed by atoms with Crippen LogP contribution in [0.15, 0.2) is 83.0 Å². The Balaban J connectivity index is 1.46. The standard InChI is InChI=1S/C44H53ClN8O4S/c1-27-34(33-12-4-5-13-36(33)52-27)24-38-42(55)51-26-32-20-31(28-15-19-48-40(23-28)57-3)21-35(45)41(32)58-43-30(11-9-18-49-43)25-50-37(14-8-17-47)39(54)22-29(10-6-7-16-46)44(56)53(38)2/h4-5,9,11-13,15,18-21,23,29,37-38,50,52H,6-8,10,14,16-17,22,24-26,46-47H2,1-3H3,(H,51,55)/t29-,37+,38+/m1/s1. The lowest BCUT2D eigenvalue weighted by Crippen LogP contribution is -2.51. The first-order chi connectivity index (χ1) is 28.1. The maximum absolute atomic E-state index is 14.7. The molecule has 0 fully saturated rings. The normalized spacial score (nSPS) is 18.4. The average Bonchev–Trinajstić information content (AvgIpc) is 3.55. The van der Waals surface area contributed by atoms with E-state index in [-0.39, 0.29) is 37.0 Å².